The smallest absolute Gasteiger partial charge is 0.157 e. The van der Waals surface area contributed by atoms with Crippen LogP contribution in [0.5, 0.6) is 0 Å². The Bertz CT molecular complexity index is 317. The van der Waals surface area contributed by atoms with Gasteiger partial charge in [-0.2, -0.15) is 0 Å². The van der Waals surface area contributed by atoms with Gasteiger partial charge in [0.25, 0.3) is 0 Å². The summed E-state index contributed by atoms with van der Waals surface area (Å²) in [6.45, 7) is 7.04. The number of rotatable bonds is 9. The summed E-state index contributed by atoms with van der Waals surface area (Å²) in [4.78, 5) is 8.72. The first-order valence-electron chi connectivity index (χ1n) is 6.43. The quantitative estimate of drug-likeness (QED) is 0.679. The van der Waals surface area contributed by atoms with Gasteiger partial charge in [-0.1, -0.05) is 6.92 Å². The average molecular weight is 253 g/mol. The fourth-order valence-corrected chi connectivity index (χ4v) is 1.61. The molecule has 18 heavy (non-hydrogen) atoms. The van der Waals surface area contributed by atoms with E-state index in [9.17, 15) is 0 Å². The Morgan fingerprint density at radius 3 is 2.56 bits per heavy atom. The van der Waals surface area contributed by atoms with Crippen LogP contribution in [0.3, 0.4) is 0 Å². The molecule has 0 saturated heterocycles. The molecule has 5 heteroatoms. The van der Waals surface area contributed by atoms with Crippen LogP contribution >= 0.6 is 0 Å². The molecule has 1 unspecified atom stereocenters. The molecule has 0 saturated carbocycles. The van der Waals surface area contributed by atoms with Crippen LogP contribution in [0, 0.1) is 0 Å². The first-order valence-corrected chi connectivity index (χ1v) is 6.43. The van der Waals surface area contributed by atoms with E-state index in [0.29, 0.717) is 13.2 Å². The maximum Gasteiger partial charge on any atom is 0.157 e. The Labute approximate surface area is 109 Å². The zero-order valence-electron chi connectivity index (χ0n) is 11.5. The molecule has 1 atom stereocenters. The van der Waals surface area contributed by atoms with Crippen molar-refractivity contribution < 1.29 is 9.47 Å². The Kier molecular flexibility index (Phi) is 7.48. The molecule has 1 rings (SSSR count). The van der Waals surface area contributed by atoms with E-state index in [2.05, 4.69) is 22.2 Å². The first-order chi connectivity index (χ1) is 8.81. The molecule has 0 fully saturated rings. The number of hydrogen-bond donors (Lipinski definition) is 1. The topological polar surface area (TPSA) is 56.3 Å². The van der Waals surface area contributed by atoms with Crippen LogP contribution in [-0.4, -0.2) is 36.8 Å². The summed E-state index contributed by atoms with van der Waals surface area (Å²) < 4.78 is 10.5. The van der Waals surface area contributed by atoms with Crippen molar-refractivity contribution in [3.8, 4) is 0 Å². The molecule has 1 aromatic heterocycles. The van der Waals surface area contributed by atoms with Gasteiger partial charge in [0.15, 0.2) is 5.82 Å². The molecule has 0 aliphatic carbocycles. The van der Waals surface area contributed by atoms with E-state index in [-0.39, 0.29) is 6.10 Å². The predicted octanol–water partition coefficient (Wildman–Crippen LogP) is 1.70. The van der Waals surface area contributed by atoms with Gasteiger partial charge in [-0.3, -0.25) is 0 Å². The second-order valence-corrected chi connectivity index (χ2v) is 3.97. The van der Waals surface area contributed by atoms with Gasteiger partial charge in [0.1, 0.15) is 6.10 Å². The second kappa shape index (κ2) is 8.97. The summed E-state index contributed by atoms with van der Waals surface area (Å²) in [6.07, 6.45) is 4.60. The van der Waals surface area contributed by atoms with Crippen LogP contribution < -0.4 is 5.32 Å². The number of aromatic nitrogens is 2. The summed E-state index contributed by atoms with van der Waals surface area (Å²) in [6, 6.07) is 0. The van der Waals surface area contributed by atoms with Crippen LogP contribution in [0.25, 0.3) is 0 Å². The molecule has 1 aromatic rings. The number of ether oxygens (including phenoxy) is 2. The zero-order chi connectivity index (χ0) is 13.2. The molecule has 102 valence electrons. The van der Waals surface area contributed by atoms with Crippen molar-refractivity contribution in [1.82, 2.24) is 15.3 Å². The van der Waals surface area contributed by atoms with E-state index >= 15 is 0 Å². The lowest BCUT2D eigenvalue weighted by Crippen LogP contribution is -2.19. The molecule has 1 N–H and O–H groups in total. The van der Waals surface area contributed by atoms with Crippen molar-refractivity contribution in [2.75, 3.05) is 26.9 Å². The van der Waals surface area contributed by atoms with E-state index in [4.69, 9.17) is 9.47 Å². The van der Waals surface area contributed by atoms with Crippen molar-refractivity contribution in [3.63, 3.8) is 0 Å². The SMILES string of the molecule is CCOC(CC)c1ncc(CNCCOC)cn1. The van der Waals surface area contributed by atoms with Gasteiger partial charge in [-0.25, -0.2) is 9.97 Å². The molecule has 5 nitrogen and oxygen atoms in total. The number of hydrogen-bond acceptors (Lipinski definition) is 5. The minimum atomic E-state index is 0.00509. The van der Waals surface area contributed by atoms with Crippen LogP contribution in [0.15, 0.2) is 12.4 Å². The van der Waals surface area contributed by atoms with Crippen molar-refractivity contribution in [1.29, 1.82) is 0 Å². The van der Waals surface area contributed by atoms with Gasteiger partial charge in [0.05, 0.1) is 6.61 Å². The Morgan fingerprint density at radius 2 is 2.00 bits per heavy atom. The lowest BCUT2D eigenvalue weighted by molar-refractivity contribution is 0.0534. The lowest BCUT2D eigenvalue weighted by atomic mass is 10.2. The monoisotopic (exact) mass is 253 g/mol. The molecule has 0 radical (unpaired) electrons. The van der Waals surface area contributed by atoms with E-state index in [1.54, 1.807) is 7.11 Å². The van der Waals surface area contributed by atoms with Crippen molar-refractivity contribution in [2.45, 2.75) is 32.9 Å². The highest BCUT2D eigenvalue weighted by molar-refractivity contribution is 5.06. The van der Waals surface area contributed by atoms with Crippen molar-refractivity contribution in [3.05, 3.63) is 23.8 Å². The van der Waals surface area contributed by atoms with Gasteiger partial charge in [0.2, 0.25) is 0 Å². The molecule has 0 aliphatic heterocycles. The largest absolute Gasteiger partial charge is 0.383 e. The first kappa shape index (κ1) is 15.0. The number of methoxy groups -OCH3 is 1. The molecule has 0 amide bonds. The van der Waals surface area contributed by atoms with E-state index < -0.39 is 0 Å². The summed E-state index contributed by atoms with van der Waals surface area (Å²) in [5, 5.41) is 3.25. The molecule has 1 heterocycles. The van der Waals surface area contributed by atoms with Gasteiger partial charge in [-0.05, 0) is 13.3 Å². The molecule has 0 aromatic carbocycles. The molecule has 0 bridgehead atoms. The van der Waals surface area contributed by atoms with E-state index in [1.165, 1.54) is 0 Å². The van der Waals surface area contributed by atoms with Gasteiger partial charge >= 0.3 is 0 Å². The Balaban J connectivity index is 2.45. The third-order valence-corrected chi connectivity index (χ3v) is 2.56. The molecular formula is C13H23N3O2. The summed E-state index contributed by atoms with van der Waals surface area (Å²) >= 11 is 0. The maximum atomic E-state index is 5.57. The summed E-state index contributed by atoms with van der Waals surface area (Å²) in [5.41, 5.74) is 1.07. The predicted molar refractivity (Wildman–Crippen MR) is 70.3 cm³/mol. The highest BCUT2D eigenvalue weighted by atomic mass is 16.5. The maximum absolute atomic E-state index is 5.57. The third-order valence-electron chi connectivity index (χ3n) is 2.56. The number of nitrogens with one attached hydrogen (secondary N) is 1. The van der Waals surface area contributed by atoms with Crippen LogP contribution in [0.2, 0.25) is 0 Å². The lowest BCUT2D eigenvalue weighted by Gasteiger charge is -2.13. The normalized spacial score (nSPS) is 12.6. The van der Waals surface area contributed by atoms with E-state index in [0.717, 1.165) is 30.9 Å². The van der Waals surface area contributed by atoms with Crippen LogP contribution in [0.4, 0.5) is 0 Å². The third kappa shape index (κ3) is 5.08. The van der Waals surface area contributed by atoms with E-state index in [1.807, 2.05) is 19.3 Å². The Morgan fingerprint density at radius 1 is 1.28 bits per heavy atom. The standard InChI is InChI=1S/C13H23N3O2/c1-4-12(18-5-2)13-15-9-11(10-16-13)8-14-6-7-17-3/h9-10,12,14H,4-8H2,1-3H3. The Hall–Kier alpha value is -1.04. The zero-order valence-corrected chi connectivity index (χ0v) is 11.5. The fraction of sp³-hybridized carbons (Fsp3) is 0.692. The minimum absolute atomic E-state index is 0.00509. The summed E-state index contributed by atoms with van der Waals surface area (Å²) in [7, 11) is 1.69. The van der Waals surface area contributed by atoms with Crippen molar-refractivity contribution in [2.24, 2.45) is 0 Å². The highest BCUT2D eigenvalue weighted by Gasteiger charge is 2.11. The minimum Gasteiger partial charge on any atom is -0.383 e. The van der Waals surface area contributed by atoms with Crippen molar-refractivity contribution >= 4 is 0 Å². The molecule has 0 spiro atoms. The second-order valence-electron chi connectivity index (χ2n) is 3.97. The molecular weight excluding hydrogens is 230 g/mol. The average Bonchev–Trinajstić information content (AvgIpc) is 2.42. The molecule has 0 aliphatic rings. The number of nitrogens with zero attached hydrogens (tertiary/aromatic N) is 2. The van der Waals surface area contributed by atoms with Crippen LogP contribution in [0.1, 0.15) is 37.8 Å². The highest BCUT2D eigenvalue weighted by Crippen LogP contribution is 2.16. The van der Waals surface area contributed by atoms with Crippen LogP contribution in [-0.2, 0) is 16.0 Å². The van der Waals surface area contributed by atoms with Gasteiger partial charge < -0.3 is 14.8 Å². The van der Waals surface area contributed by atoms with Gasteiger partial charge in [-0.15, -0.1) is 0 Å². The van der Waals surface area contributed by atoms with Gasteiger partial charge in [0, 0.05) is 44.8 Å². The fourth-order valence-electron chi connectivity index (χ4n) is 1.61. The summed E-state index contributed by atoms with van der Waals surface area (Å²) in [5.74, 6) is 0.764.